The molecule has 0 radical (unpaired) electrons. The van der Waals surface area contributed by atoms with E-state index in [1.54, 1.807) is 0 Å². The molecule has 0 aliphatic carbocycles. The highest BCUT2D eigenvalue weighted by molar-refractivity contribution is 4.82. The lowest BCUT2D eigenvalue weighted by Gasteiger charge is -2.36. The normalized spacial score (nSPS) is 17.1. The number of piperidine rings is 1. The van der Waals surface area contributed by atoms with Gasteiger partial charge in [-0.15, -0.1) is 0 Å². The van der Waals surface area contributed by atoms with Gasteiger partial charge in [-0.05, 0) is 59.2 Å². The highest BCUT2D eigenvalue weighted by Gasteiger charge is 2.22. The fraction of sp³-hybridized carbons (Fsp3) is 1.00. The van der Waals surface area contributed by atoms with Crippen LogP contribution in [0.1, 0.15) is 47.5 Å². The molecule has 1 rings (SSSR count). The Hall–Kier alpha value is -0.240. The van der Waals surface area contributed by atoms with Crippen molar-refractivity contribution in [2.45, 2.75) is 59.0 Å². The predicted molar refractivity (Wildman–Crippen MR) is 113 cm³/mol. The van der Waals surface area contributed by atoms with Gasteiger partial charge in [0.05, 0.1) is 39.6 Å². The first-order valence-corrected chi connectivity index (χ1v) is 10.8. The van der Waals surface area contributed by atoms with Crippen LogP contribution in [0.2, 0.25) is 0 Å². The molecule has 6 nitrogen and oxygen atoms in total. The Morgan fingerprint density at radius 3 is 2.00 bits per heavy atom. The molecule has 27 heavy (non-hydrogen) atoms. The summed E-state index contributed by atoms with van der Waals surface area (Å²) in [6, 6.07) is 0.656. The van der Waals surface area contributed by atoms with Crippen molar-refractivity contribution in [3.63, 3.8) is 0 Å². The van der Waals surface area contributed by atoms with Crippen molar-refractivity contribution >= 4 is 0 Å². The molecule has 0 aromatic carbocycles. The smallest absolute Gasteiger partial charge is 0.0701 e. The van der Waals surface area contributed by atoms with Crippen molar-refractivity contribution in [2.75, 3.05) is 72.4 Å². The van der Waals surface area contributed by atoms with E-state index in [2.05, 4.69) is 50.2 Å². The SMILES string of the molecule is CC(C)CNCCOCCOCCOCCN1CCC(NC(C)(C)C)CC1. The summed E-state index contributed by atoms with van der Waals surface area (Å²) in [6.45, 7) is 20.6. The Morgan fingerprint density at radius 2 is 1.44 bits per heavy atom. The second kappa shape index (κ2) is 14.7. The molecule has 162 valence electrons. The molecule has 0 bridgehead atoms. The number of likely N-dealkylation sites (tertiary alicyclic amines) is 1. The molecule has 0 amide bonds. The summed E-state index contributed by atoms with van der Waals surface area (Å²) in [5, 5.41) is 7.07. The lowest BCUT2D eigenvalue weighted by atomic mass is 10.00. The quantitative estimate of drug-likeness (QED) is 0.420. The molecule has 0 atom stereocenters. The maximum Gasteiger partial charge on any atom is 0.0701 e. The van der Waals surface area contributed by atoms with Gasteiger partial charge in [0, 0.05) is 24.7 Å². The summed E-state index contributed by atoms with van der Waals surface area (Å²) >= 11 is 0. The second-order valence-electron chi connectivity index (χ2n) is 8.95. The van der Waals surface area contributed by atoms with Gasteiger partial charge in [0.15, 0.2) is 0 Å². The largest absolute Gasteiger partial charge is 0.378 e. The number of rotatable bonds is 15. The van der Waals surface area contributed by atoms with Crippen molar-refractivity contribution in [3.8, 4) is 0 Å². The van der Waals surface area contributed by atoms with Gasteiger partial charge in [-0.25, -0.2) is 0 Å². The van der Waals surface area contributed by atoms with Crippen LogP contribution in [0.3, 0.4) is 0 Å². The maximum atomic E-state index is 5.69. The minimum atomic E-state index is 0.214. The van der Waals surface area contributed by atoms with E-state index >= 15 is 0 Å². The summed E-state index contributed by atoms with van der Waals surface area (Å²) in [6.07, 6.45) is 2.46. The minimum Gasteiger partial charge on any atom is -0.378 e. The van der Waals surface area contributed by atoms with E-state index in [1.165, 1.54) is 12.8 Å². The van der Waals surface area contributed by atoms with Gasteiger partial charge in [-0.1, -0.05) is 13.8 Å². The van der Waals surface area contributed by atoms with Gasteiger partial charge in [0.25, 0.3) is 0 Å². The Morgan fingerprint density at radius 1 is 0.889 bits per heavy atom. The molecule has 1 fully saturated rings. The van der Waals surface area contributed by atoms with Gasteiger partial charge in [0.2, 0.25) is 0 Å². The number of hydrogen-bond acceptors (Lipinski definition) is 6. The van der Waals surface area contributed by atoms with E-state index in [1.807, 2.05) is 0 Å². The van der Waals surface area contributed by atoms with Gasteiger partial charge in [0.1, 0.15) is 0 Å². The number of ether oxygens (including phenoxy) is 3. The first kappa shape index (κ1) is 24.8. The van der Waals surface area contributed by atoms with Crippen LogP contribution in [-0.4, -0.2) is 88.8 Å². The van der Waals surface area contributed by atoms with Gasteiger partial charge < -0.3 is 29.7 Å². The summed E-state index contributed by atoms with van der Waals surface area (Å²) in [5.74, 6) is 0.686. The van der Waals surface area contributed by atoms with Crippen LogP contribution in [0.5, 0.6) is 0 Å². The Bertz CT molecular complexity index is 340. The molecule has 1 saturated heterocycles. The maximum absolute atomic E-state index is 5.69. The lowest BCUT2D eigenvalue weighted by molar-refractivity contribution is 0.00966. The summed E-state index contributed by atoms with van der Waals surface area (Å²) in [7, 11) is 0. The number of nitrogens with zero attached hydrogens (tertiary/aromatic N) is 1. The van der Waals surface area contributed by atoms with Gasteiger partial charge in [-0.2, -0.15) is 0 Å². The summed E-state index contributed by atoms with van der Waals surface area (Å²) < 4.78 is 16.8. The van der Waals surface area contributed by atoms with Crippen LogP contribution in [0.25, 0.3) is 0 Å². The molecule has 2 N–H and O–H groups in total. The van der Waals surface area contributed by atoms with Crippen molar-refractivity contribution < 1.29 is 14.2 Å². The fourth-order valence-electron chi connectivity index (χ4n) is 3.18. The molecule has 0 aromatic heterocycles. The average molecular weight is 388 g/mol. The molecule has 0 aromatic rings. The Kier molecular flexibility index (Phi) is 13.5. The average Bonchev–Trinajstić information content (AvgIpc) is 2.59. The third-order valence-corrected chi connectivity index (χ3v) is 4.50. The van der Waals surface area contributed by atoms with Crippen LogP contribution in [0, 0.1) is 5.92 Å². The van der Waals surface area contributed by atoms with E-state index in [9.17, 15) is 0 Å². The van der Waals surface area contributed by atoms with E-state index < -0.39 is 0 Å². The zero-order valence-electron chi connectivity index (χ0n) is 18.5. The molecule has 0 spiro atoms. The first-order valence-electron chi connectivity index (χ1n) is 10.8. The van der Waals surface area contributed by atoms with Crippen molar-refractivity contribution in [1.29, 1.82) is 0 Å². The van der Waals surface area contributed by atoms with Crippen molar-refractivity contribution in [1.82, 2.24) is 15.5 Å². The Labute approximate surface area is 167 Å². The number of nitrogens with one attached hydrogen (secondary N) is 2. The van der Waals surface area contributed by atoms with Crippen LogP contribution < -0.4 is 10.6 Å². The van der Waals surface area contributed by atoms with Crippen molar-refractivity contribution in [2.24, 2.45) is 5.92 Å². The van der Waals surface area contributed by atoms with Crippen molar-refractivity contribution in [3.05, 3.63) is 0 Å². The third kappa shape index (κ3) is 15.4. The summed E-state index contributed by atoms with van der Waals surface area (Å²) in [5.41, 5.74) is 0.214. The molecular formula is C21H45N3O3. The van der Waals surface area contributed by atoms with Gasteiger partial charge in [-0.3, -0.25) is 0 Å². The molecule has 6 heteroatoms. The van der Waals surface area contributed by atoms with Crippen LogP contribution >= 0.6 is 0 Å². The molecule has 1 aliphatic heterocycles. The first-order chi connectivity index (χ1) is 12.9. The second-order valence-corrected chi connectivity index (χ2v) is 8.95. The topological polar surface area (TPSA) is 55.0 Å². The zero-order valence-corrected chi connectivity index (χ0v) is 18.5. The van der Waals surface area contributed by atoms with Crippen LogP contribution in [0.15, 0.2) is 0 Å². The fourth-order valence-corrected chi connectivity index (χ4v) is 3.18. The summed E-state index contributed by atoms with van der Waals surface area (Å²) in [4.78, 5) is 2.50. The monoisotopic (exact) mass is 387 g/mol. The van der Waals surface area contributed by atoms with E-state index in [4.69, 9.17) is 14.2 Å². The molecule has 1 heterocycles. The van der Waals surface area contributed by atoms with E-state index in [0.29, 0.717) is 38.4 Å². The van der Waals surface area contributed by atoms with E-state index in [-0.39, 0.29) is 5.54 Å². The lowest BCUT2D eigenvalue weighted by Crippen LogP contribution is -2.49. The van der Waals surface area contributed by atoms with E-state index in [0.717, 1.165) is 45.9 Å². The number of hydrogen-bond donors (Lipinski definition) is 2. The van der Waals surface area contributed by atoms with Crippen LogP contribution in [-0.2, 0) is 14.2 Å². The van der Waals surface area contributed by atoms with Gasteiger partial charge >= 0.3 is 0 Å². The predicted octanol–water partition coefficient (Wildman–Crippen LogP) is 2.13. The molecule has 1 aliphatic rings. The minimum absolute atomic E-state index is 0.214. The van der Waals surface area contributed by atoms with Crippen LogP contribution in [0.4, 0.5) is 0 Å². The zero-order chi connectivity index (χ0) is 20.0. The highest BCUT2D eigenvalue weighted by Crippen LogP contribution is 2.13. The Balaban J connectivity index is 1.81. The molecule has 0 unspecified atom stereocenters. The standard InChI is InChI=1S/C21H45N3O3/c1-19(2)18-22-8-12-25-14-16-27-17-15-26-13-11-24-9-6-20(7-10-24)23-21(3,4)5/h19-20,22-23H,6-18H2,1-5H3. The molecular weight excluding hydrogens is 342 g/mol. The third-order valence-electron chi connectivity index (χ3n) is 4.50. The molecule has 0 saturated carbocycles. The highest BCUT2D eigenvalue weighted by atomic mass is 16.5.